The summed E-state index contributed by atoms with van der Waals surface area (Å²) in [5.41, 5.74) is 4.72. The highest BCUT2D eigenvalue weighted by Crippen LogP contribution is 2.13. The van der Waals surface area contributed by atoms with E-state index in [1.54, 1.807) is 0 Å². The van der Waals surface area contributed by atoms with Crippen molar-refractivity contribution in [3.63, 3.8) is 0 Å². The smallest absolute Gasteiger partial charge is 0.222 e. The van der Waals surface area contributed by atoms with Crippen molar-refractivity contribution in [3.8, 4) is 0 Å². The maximum Gasteiger partial charge on any atom is 0.222 e. The summed E-state index contributed by atoms with van der Waals surface area (Å²) in [5.74, 6) is 0.0650. The van der Waals surface area contributed by atoms with E-state index in [-0.39, 0.29) is 5.91 Å². The molecule has 0 spiro atoms. The van der Waals surface area contributed by atoms with Gasteiger partial charge in [0.25, 0.3) is 0 Å². The van der Waals surface area contributed by atoms with Crippen LogP contribution in [0.1, 0.15) is 23.1 Å². The molecule has 3 heteroatoms. The van der Waals surface area contributed by atoms with Crippen LogP contribution in [0.15, 0.2) is 48.5 Å². The second-order valence-electron chi connectivity index (χ2n) is 5.24. The predicted octanol–water partition coefficient (Wildman–Crippen LogP) is 3.42. The Morgan fingerprint density at radius 3 is 2.48 bits per heavy atom. The van der Waals surface area contributed by atoms with Crippen molar-refractivity contribution in [1.29, 1.82) is 0 Å². The number of hydrogen-bond acceptors (Lipinski definition) is 2. The van der Waals surface area contributed by atoms with Gasteiger partial charge in [0.15, 0.2) is 0 Å². The molecule has 0 aromatic heterocycles. The molecule has 0 saturated heterocycles. The summed E-state index contributed by atoms with van der Waals surface area (Å²) in [6.45, 7) is 5.41. The third kappa shape index (κ3) is 4.95. The van der Waals surface area contributed by atoms with Gasteiger partial charge in [-0.25, -0.2) is 0 Å². The van der Waals surface area contributed by atoms with Crippen molar-refractivity contribution in [2.45, 2.75) is 26.8 Å². The second-order valence-corrected chi connectivity index (χ2v) is 5.24. The lowest BCUT2D eigenvalue weighted by Gasteiger charge is -2.09. The number of amides is 1. The molecule has 3 nitrogen and oxygen atoms in total. The van der Waals surface area contributed by atoms with Crippen molar-refractivity contribution < 1.29 is 4.79 Å². The molecule has 0 saturated carbocycles. The Labute approximate surface area is 126 Å². The number of anilines is 1. The molecular weight excluding hydrogens is 260 g/mol. The molecule has 0 radical (unpaired) electrons. The van der Waals surface area contributed by atoms with Gasteiger partial charge in [0.2, 0.25) is 5.91 Å². The van der Waals surface area contributed by atoms with Crippen LogP contribution in [-0.4, -0.2) is 12.5 Å². The molecule has 2 rings (SSSR count). The molecule has 2 aromatic carbocycles. The minimum Gasteiger partial charge on any atom is -0.385 e. The molecule has 2 N–H and O–H groups in total. The Bertz CT molecular complexity index is 593. The minimum absolute atomic E-state index is 0.0650. The molecule has 0 atom stereocenters. The zero-order valence-electron chi connectivity index (χ0n) is 12.6. The van der Waals surface area contributed by atoms with Crippen LogP contribution in [0, 0.1) is 13.8 Å². The maximum atomic E-state index is 11.8. The third-order valence-corrected chi connectivity index (χ3v) is 3.52. The highest BCUT2D eigenvalue weighted by Gasteiger charge is 2.01. The molecule has 0 unspecified atom stereocenters. The Balaban J connectivity index is 1.70. The molecule has 0 bridgehead atoms. The molecule has 2 aromatic rings. The van der Waals surface area contributed by atoms with E-state index in [2.05, 4.69) is 36.6 Å². The van der Waals surface area contributed by atoms with Gasteiger partial charge in [-0.3, -0.25) is 4.79 Å². The summed E-state index contributed by atoms with van der Waals surface area (Å²) in [6.07, 6.45) is 0.472. The number of hydrogen-bond donors (Lipinski definition) is 2. The summed E-state index contributed by atoms with van der Waals surface area (Å²) in [5, 5.41) is 6.21. The minimum atomic E-state index is 0.0650. The number of aryl methyl sites for hydroxylation is 2. The third-order valence-electron chi connectivity index (χ3n) is 3.52. The number of carbonyl (C=O) groups is 1. The molecular formula is C18H22N2O. The largest absolute Gasteiger partial charge is 0.385 e. The fourth-order valence-electron chi connectivity index (χ4n) is 2.06. The van der Waals surface area contributed by atoms with E-state index in [0.29, 0.717) is 19.5 Å². The van der Waals surface area contributed by atoms with Crippen LogP contribution in [-0.2, 0) is 11.3 Å². The number of nitrogens with one attached hydrogen (secondary N) is 2. The molecule has 21 heavy (non-hydrogen) atoms. The average molecular weight is 282 g/mol. The van der Waals surface area contributed by atoms with Crippen molar-refractivity contribution in [1.82, 2.24) is 5.32 Å². The van der Waals surface area contributed by atoms with Gasteiger partial charge < -0.3 is 10.6 Å². The van der Waals surface area contributed by atoms with Crippen molar-refractivity contribution >= 4 is 11.6 Å². The molecule has 0 fully saturated rings. The molecule has 0 aliphatic rings. The van der Waals surface area contributed by atoms with Crippen LogP contribution in [0.4, 0.5) is 5.69 Å². The number of carbonyl (C=O) groups excluding carboxylic acids is 1. The summed E-state index contributed by atoms with van der Waals surface area (Å²) >= 11 is 0. The fourth-order valence-corrected chi connectivity index (χ4v) is 2.06. The zero-order chi connectivity index (χ0) is 15.1. The van der Waals surface area contributed by atoms with E-state index in [1.807, 2.05) is 36.4 Å². The Hall–Kier alpha value is -2.29. The van der Waals surface area contributed by atoms with Gasteiger partial charge in [-0.1, -0.05) is 36.4 Å². The van der Waals surface area contributed by atoms with E-state index >= 15 is 0 Å². The standard InChI is InChI=1S/C18H22N2O/c1-14-8-9-17(12-15(14)2)19-11-10-18(21)20-13-16-6-4-3-5-7-16/h3-9,12,19H,10-11,13H2,1-2H3,(H,20,21). The average Bonchev–Trinajstić information content (AvgIpc) is 2.50. The van der Waals surface area contributed by atoms with Crippen molar-refractivity contribution in [2.75, 3.05) is 11.9 Å². The summed E-state index contributed by atoms with van der Waals surface area (Å²) < 4.78 is 0. The van der Waals surface area contributed by atoms with E-state index in [1.165, 1.54) is 11.1 Å². The van der Waals surface area contributed by atoms with E-state index < -0.39 is 0 Å². The van der Waals surface area contributed by atoms with Crippen LogP contribution in [0.3, 0.4) is 0 Å². The van der Waals surface area contributed by atoms with Gasteiger partial charge in [-0.2, -0.15) is 0 Å². The zero-order valence-corrected chi connectivity index (χ0v) is 12.6. The van der Waals surface area contributed by atoms with E-state index in [9.17, 15) is 4.79 Å². The molecule has 0 aliphatic heterocycles. The molecule has 0 aliphatic carbocycles. The quantitative estimate of drug-likeness (QED) is 0.852. The van der Waals surface area contributed by atoms with Gasteiger partial charge in [-0.15, -0.1) is 0 Å². The van der Waals surface area contributed by atoms with Gasteiger partial charge >= 0.3 is 0 Å². The Morgan fingerprint density at radius 1 is 1.00 bits per heavy atom. The molecule has 0 heterocycles. The van der Waals surface area contributed by atoms with Crippen LogP contribution < -0.4 is 10.6 Å². The van der Waals surface area contributed by atoms with E-state index in [0.717, 1.165) is 11.3 Å². The first-order chi connectivity index (χ1) is 10.1. The Kier molecular flexibility index (Phi) is 5.38. The lowest BCUT2D eigenvalue weighted by molar-refractivity contribution is -0.121. The second kappa shape index (κ2) is 7.48. The van der Waals surface area contributed by atoms with Crippen LogP contribution in [0.25, 0.3) is 0 Å². The summed E-state index contributed by atoms with van der Waals surface area (Å²) in [4.78, 5) is 11.8. The first kappa shape index (κ1) is 15.1. The first-order valence-electron chi connectivity index (χ1n) is 7.27. The Morgan fingerprint density at radius 2 is 1.76 bits per heavy atom. The van der Waals surface area contributed by atoms with Crippen molar-refractivity contribution in [2.24, 2.45) is 0 Å². The summed E-state index contributed by atoms with van der Waals surface area (Å²) in [6, 6.07) is 16.2. The van der Waals surface area contributed by atoms with Gasteiger partial charge in [0.05, 0.1) is 0 Å². The van der Waals surface area contributed by atoms with Crippen LogP contribution >= 0.6 is 0 Å². The highest BCUT2D eigenvalue weighted by atomic mass is 16.1. The molecule has 1 amide bonds. The van der Waals surface area contributed by atoms with Crippen LogP contribution in [0.2, 0.25) is 0 Å². The lowest BCUT2D eigenvalue weighted by atomic mass is 10.1. The summed E-state index contributed by atoms with van der Waals surface area (Å²) in [7, 11) is 0. The van der Waals surface area contributed by atoms with Gasteiger partial charge in [0.1, 0.15) is 0 Å². The van der Waals surface area contributed by atoms with Crippen LogP contribution in [0.5, 0.6) is 0 Å². The monoisotopic (exact) mass is 282 g/mol. The maximum absolute atomic E-state index is 11.8. The van der Waals surface area contributed by atoms with Gasteiger partial charge in [0, 0.05) is 25.2 Å². The SMILES string of the molecule is Cc1ccc(NCCC(=O)NCc2ccccc2)cc1C. The first-order valence-corrected chi connectivity index (χ1v) is 7.27. The number of rotatable bonds is 6. The number of benzene rings is 2. The molecule has 110 valence electrons. The fraction of sp³-hybridized carbons (Fsp3) is 0.278. The van der Waals surface area contributed by atoms with Crippen molar-refractivity contribution in [3.05, 3.63) is 65.2 Å². The predicted molar refractivity (Wildman–Crippen MR) is 87.3 cm³/mol. The van der Waals surface area contributed by atoms with E-state index in [4.69, 9.17) is 0 Å². The van der Waals surface area contributed by atoms with Gasteiger partial charge in [-0.05, 0) is 42.7 Å². The highest BCUT2D eigenvalue weighted by molar-refractivity contribution is 5.76. The lowest BCUT2D eigenvalue weighted by Crippen LogP contribution is -2.24. The normalized spacial score (nSPS) is 10.2. The topological polar surface area (TPSA) is 41.1 Å².